The van der Waals surface area contributed by atoms with E-state index in [1.54, 1.807) is 16.4 Å². The largest absolute Gasteiger partial charge is 0.347 e. The van der Waals surface area contributed by atoms with Gasteiger partial charge in [0.05, 0.1) is 12.1 Å². The summed E-state index contributed by atoms with van der Waals surface area (Å²) in [6.07, 6.45) is 0. The molecule has 0 aromatic carbocycles. The molecule has 4 saturated carbocycles. The summed E-state index contributed by atoms with van der Waals surface area (Å²) >= 11 is 0. The molecule has 5 nitrogen and oxygen atoms in total. The SMILES string of the molecule is Cn1c(=O)n2n(c1=O)C1[C@H]3C4C5[C@@H]3C2[C@@H]5[C@H]41. The summed E-state index contributed by atoms with van der Waals surface area (Å²) in [6.45, 7) is 0. The minimum Gasteiger partial charge on any atom is -0.246 e. The fourth-order valence-corrected chi connectivity index (χ4v) is 6.09. The van der Waals surface area contributed by atoms with Gasteiger partial charge in [0.25, 0.3) is 0 Å². The summed E-state index contributed by atoms with van der Waals surface area (Å²) in [6, 6.07) is 0.771. The van der Waals surface area contributed by atoms with Gasteiger partial charge in [0.15, 0.2) is 0 Å². The monoisotopic (exact) mass is 217 g/mol. The van der Waals surface area contributed by atoms with Gasteiger partial charge in [0, 0.05) is 7.05 Å². The molecule has 0 N–H and O–H groups in total. The Labute approximate surface area is 90.3 Å². The normalized spacial score (nSPS) is 60.1. The first-order chi connectivity index (χ1) is 7.73. The van der Waals surface area contributed by atoms with Crippen LogP contribution in [0.15, 0.2) is 9.59 Å². The lowest BCUT2D eigenvalue weighted by Crippen LogP contribution is -2.91. The molecular formula is C11H11N3O2. The number of hydrogen-bond acceptors (Lipinski definition) is 2. The lowest BCUT2D eigenvalue weighted by molar-refractivity contribution is -0.450. The smallest absolute Gasteiger partial charge is 0.246 e. The predicted molar refractivity (Wildman–Crippen MR) is 52.9 cm³/mol. The molecule has 4 atom stereocenters. The van der Waals surface area contributed by atoms with Crippen LogP contribution in [0.4, 0.5) is 0 Å². The number of rotatable bonds is 0. The fraction of sp³-hybridized carbons (Fsp3) is 0.818. The van der Waals surface area contributed by atoms with E-state index < -0.39 is 0 Å². The van der Waals surface area contributed by atoms with Gasteiger partial charge < -0.3 is 0 Å². The van der Waals surface area contributed by atoms with Crippen molar-refractivity contribution in [1.29, 1.82) is 0 Å². The van der Waals surface area contributed by atoms with E-state index in [2.05, 4.69) is 0 Å². The Kier molecular flexibility index (Phi) is 0.699. The Hall–Kier alpha value is -1.26. The quantitative estimate of drug-likeness (QED) is 0.571. The average Bonchev–Trinajstić information content (AvgIpc) is 2.44. The first kappa shape index (κ1) is 7.14. The van der Waals surface area contributed by atoms with Crippen LogP contribution in [0.2, 0.25) is 0 Å². The van der Waals surface area contributed by atoms with Crippen LogP contribution in [0.5, 0.6) is 0 Å². The van der Waals surface area contributed by atoms with E-state index in [0.717, 1.165) is 35.5 Å². The summed E-state index contributed by atoms with van der Waals surface area (Å²) in [5.41, 5.74) is -0.184. The van der Waals surface area contributed by atoms with Crippen molar-refractivity contribution < 1.29 is 0 Å². The van der Waals surface area contributed by atoms with E-state index in [1.165, 1.54) is 4.57 Å². The highest BCUT2D eigenvalue weighted by atomic mass is 16.2. The van der Waals surface area contributed by atoms with Crippen LogP contribution in [0.1, 0.15) is 12.1 Å². The molecule has 0 saturated heterocycles. The second-order valence-corrected chi connectivity index (χ2v) is 6.26. The molecule has 2 bridgehead atoms. The summed E-state index contributed by atoms with van der Waals surface area (Å²) in [4.78, 5) is 24.0. The van der Waals surface area contributed by atoms with Gasteiger partial charge in [0.2, 0.25) is 0 Å². The van der Waals surface area contributed by atoms with Crippen molar-refractivity contribution in [1.82, 2.24) is 13.9 Å². The van der Waals surface area contributed by atoms with Gasteiger partial charge in [-0.05, 0) is 35.5 Å². The van der Waals surface area contributed by atoms with Crippen LogP contribution in [0.25, 0.3) is 0 Å². The van der Waals surface area contributed by atoms with Crippen LogP contribution in [0, 0.1) is 35.5 Å². The van der Waals surface area contributed by atoms with Crippen molar-refractivity contribution in [2.75, 3.05) is 0 Å². The zero-order chi connectivity index (χ0) is 10.5. The minimum absolute atomic E-state index is 0.0919. The molecule has 0 spiro atoms. The molecule has 7 rings (SSSR count). The van der Waals surface area contributed by atoms with Crippen molar-refractivity contribution in [3.63, 3.8) is 0 Å². The Morgan fingerprint density at radius 2 is 1.12 bits per heavy atom. The average molecular weight is 217 g/mol. The lowest BCUT2D eigenvalue weighted by Gasteiger charge is -2.91. The lowest BCUT2D eigenvalue weighted by atomic mass is 9.16. The molecular weight excluding hydrogens is 206 g/mol. The standard InChI is InChI=1S/C11H11N3O2/c1-12-10(15)13-8-4-2-3-6(4)9(7(3)5(2)8)14(13)11(12)16/h2-9H,1H3/t2?,3?,4-,5-,6-,7-,8?,9?/m0/s1. The zero-order valence-electron chi connectivity index (χ0n) is 8.78. The van der Waals surface area contributed by atoms with Crippen molar-refractivity contribution in [3.8, 4) is 0 Å². The molecule has 82 valence electrons. The number of aromatic nitrogens is 3. The van der Waals surface area contributed by atoms with Gasteiger partial charge in [-0.3, -0.25) is 0 Å². The number of nitrogens with zero attached hydrogens (tertiary/aromatic N) is 3. The van der Waals surface area contributed by atoms with Gasteiger partial charge in [-0.25, -0.2) is 23.5 Å². The van der Waals surface area contributed by atoms with E-state index in [1.807, 2.05) is 0 Å². The molecule has 1 aromatic rings. The van der Waals surface area contributed by atoms with E-state index in [-0.39, 0.29) is 11.4 Å². The highest BCUT2D eigenvalue weighted by Crippen LogP contribution is 2.91. The maximum Gasteiger partial charge on any atom is 0.347 e. The minimum atomic E-state index is -0.0919. The Bertz CT molecular complexity index is 618. The number of hydrogen-bond donors (Lipinski definition) is 0. The topological polar surface area (TPSA) is 48.9 Å². The van der Waals surface area contributed by atoms with Crippen LogP contribution in [-0.4, -0.2) is 13.9 Å². The molecule has 0 amide bonds. The van der Waals surface area contributed by atoms with E-state index >= 15 is 0 Å². The van der Waals surface area contributed by atoms with Gasteiger partial charge in [-0.2, -0.15) is 0 Å². The van der Waals surface area contributed by atoms with Gasteiger partial charge in [0.1, 0.15) is 0 Å². The van der Waals surface area contributed by atoms with Gasteiger partial charge in [-0.1, -0.05) is 0 Å². The highest BCUT2D eigenvalue weighted by Gasteiger charge is 2.90. The first-order valence-electron chi connectivity index (χ1n) is 6.13. The molecule has 1 aromatic heterocycles. The summed E-state index contributed by atoms with van der Waals surface area (Å²) in [7, 11) is 1.60. The molecule has 2 aliphatic heterocycles. The van der Waals surface area contributed by atoms with E-state index in [0.29, 0.717) is 12.1 Å². The van der Waals surface area contributed by atoms with Crippen molar-refractivity contribution in [2.24, 2.45) is 42.6 Å². The zero-order valence-corrected chi connectivity index (χ0v) is 8.78. The van der Waals surface area contributed by atoms with Crippen LogP contribution in [0.3, 0.4) is 0 Å². The molecule has 4 fully saturated rings. The molecule has 3 heterocycles. The van der Waals surface area contributed by atoms with Crippen molar-refractivity contribution in [3.05, 3.63) is 21.0 Å². The van der Waals surface area contributed by atoms with Crippen LogP contribution in [-0.2, 0) is 7.05 Å². The van der Waals surface area contributed by atoms with E-state index in [4.69, 9.17) is 0 Å². The second kappa shape index (κ2) is 1.57. The third-order valence-corrected chi connectivity index (χ3v) is 6.45. The van der Waals surface area contributed by atoms with Gasteiger partial charge in [-0.15, -0.1) is 0 Å². The molecule has 0 unspecified atom stereocenters. The molecule has 16 heavy (non-hydrogen) atoms. The molecule has 5 heteroatoms. The second-order valence-electron chi connectivity index (χ2n) is 6.26. The summed E-state index contributed by atoms with van der Waals surface area (Å²) in [5, 5.41) is 0. The molecule has 4 aliphatic carbocycles. The Balaban J connectivity index is 1.81. The summed E-state index contributed by atoms with van der Waals surface area (Å²) in [5.74, 6) is 4.89. The highest BCUT2D eigenvalue weighted by molar-refractivity contribution is 5.37. The van der Waals surface area contributed by atoms with Gasteiger partial charge >= 0.3 is 11.4 Å². The Morgan fingerprint density at radius 1 is 0.750 bits per heavy atom. The third kappa shape index (κ3) is 0.351. The fourth-order valence-electron chi connectivity index (χ4n) is 6.09. The molecule has 6 aliphatic rings. The Morgan fingerprint density at radius 3 is 1.50 bits per heavy atom. The van der Waals surface area contributed by atoms with Crippen LogP contribution < -0.4 is 11.4 Å². The van der Waals surface area contributed by atoms with Crippen molar-refractivity contribution in [2.45, 2.75) is 12.1 Å². The third-order valence-electron chi connectivity index (χ3n) is 6.45. The van der Waals surface area contributed by atoms with Crippen LogP contribution >= 0.6 is 0 Å². The van der Waals surface area contributed by atoms with Crippen molar-refractivity contribution >= 4 is 0 Å². The van der Waals surface area contributed by atoms with E-state index in [9.17, 15) is 9.59 Å². The predicted octanol–water partition coefficient (Wildman–Crippen LogP) is -0.804. The first-order valence-corrected chi connectivity index (χ1v) is 6.13. The molecule has 0 radical (unpaired) electrons. The maximum atomic E-state index is 12.0. The summed E-state index contributed by atoms with van der Waals surface area (Å²) < 4.78 is 4.87. The maximum absolute atomic E-state index is 12.0.